The van der Waals surface area contributed by atoms with Gasteiger partial charge in [0.1, 0.15) is 5.71 Å². The standard InChI is InChI=1S/C17H13NO2S4/c1-2-21-16-10-9-13(23-16)12-7-8-14(22-12)17-11-5-3-4-6-15(11)24(19,20)18-17/h3-10H,2H2,1H3. The van der Waals surface area contributed by atoms with Crippen LogP contribution < -0.4 is 0 Å². The monoisotopic (exact) mass is 391 g/mol. The van der Waals surface area contributed by atoms with Crippen molar-refractivity contribution in [3.05, 3.63) is 59.0 Å². The fraction of sp³-hybridized carbons (Fsp3) is 0.118. The number of rotatable bonds is 4. The van der Waals surface area contributed by atoms with Crippen LogP contribution in [0.3, 0.4) is 0 Å². The molecular weight excluding hydrogens is 378 g/mol. The molecule has 0 amide bonds. The lowest BCUT2D eigenvalue weighted by atomic mass is 10.1. The van der Waals surface area contributed by atoms with E-state index in [4.69, 9.17) is 0 Å². The molecule has 3 heterocycles. The molecule has 2 aromatic heterocycles. The molecule has 3 aromatic rings. The second-order valence-electron chi connectivity index (χ2n) is 5.13. The first-order valence-corrected chi connectivity index (χ1v) is 11.4. The Bertz CT molecular complexity index is 1040. The van der Waals surface area contributed by atoms with Crippen molar-refractivity contribution in [2.45, 2.75) is 16.0 Å². The van der Waals surface area contributed by atoms with Gasteiger partial charge in [-0.15, -0.1) is 34.4 Å². The highest BCUT2D eigenvalue weighted by Gasteiger charge is 2.29. The van der Waals surface area contributed by atoms with Gasteiger partial charge in [0.25, 0.3) is 10.0 Å². The number of thioether (sulfide) groups is 1. The minimum Gasteiger partial charge on any atom is -0.199 e. The van der Waals surface area contributed by atoms with E-state index in [0.717, 1.165) is 15.5 Å². The highest BCUT2D eigenvalue weighted by molar-refractivity contribution is 8.01. The van der Waals surface area contributed by atoms with Crippen molar-refractivity contribution >= 4 is 50.2 Å². The number of thiophene rings is 2. The number of benzene rings is 1. The summed E-state index contributed by atoms with van der Waals surface area (Å²) in [5, 5.41) is 0. The molecular formula is C17H13NO2S4. The molecule has 0 bridgehead atoms. The van der Waals surface area contributed by atoms with Crippen molar-refractivity contribution in [2.75, 3.05) is 5.75 Å². The summed E-state index contributed by atoms with van der Waals surface area (Å²) in [6.07, 6.45) is 0. The number of fused-ring (bicyclic) bond motifs is 1. The second kappa shape index (κ2) is 6.15. The maximum atomic E-state index is 12.2. The molecule has 0 fully saturated rings. The van der Waals surface area contributed by atoms with Gasteiger partial charge in [-0.2, -0.15) is 12.8 Å². The van der Waals surface area contributed by atoms with Gasteiger partial charge in [-0.05, 0) is 36.1 Å². The quantitative estimate of drug-likeness (QED) is 0.579. The topological polar surface area (TPSA) is 46.5 Å². The minimum atomic E-state index is -3.57. The third-order valence-electron chi connectivity index (χ3n) is 3.58. The predicted molar refractivity (Wildman–Crippen MR) is 103 cm³/mol. The third kappa shape index (κ3) is 2.75. The Labute approximate surface area is 153 Å². The zero-order valence-electron chi connectivity index (χ0n) is 12.7. The first-order valence-electron chi connectivity index (χ1n) is 7.36. The molecule has 0 N–H and O–H groups in total. The van der Waals surface area contributed by atoms with E-state index in [9.17, 15) is 8.42 Å². The molecule has 0 radical (unpaired) electrons. The summed E-state index contributed by atoms with van der Waals surface area (Å²) in [6.45, 7) is 2.14. The Morgan fingerprint density at radius 2 is 1.67 bits per heavy atom. The van der Waals surface area contributed by atoms with Crippen LogP contribution in [-0.2, 0) is 10.0 Å². The van der Waals surface area contributed by atoms with Crippen molar-refractivity contribution in [3.8, 4) is 9.75 Å². The first-order chi connectivity index (χ1) is 11.6. The lowest BCUT2D eigenvalue weighted by molar-refractivity contribution is 0.599. The highest BCUT2D eigenvalue weighted by Crippen LogP contribution is 2.39. The Balaban J connectivity index is 1.73. The van der Waals surface area contributed by atoms with Gasteiger partial charge in [-0.25, -0.2) is 0 Å². The van der Waals surface area contributed by atoms with Crippen LogP contribution in [0, 0.1) is 0 Å². The molecule has 3 nitrogen and oxygen atoms in total. The van der Waals surface area contributed by atoms with E-state index in [1.54, 1.807) is 34.8 Å². The zero-order valence-corrected chi connectivity index (χ0v) is 16.0. The van der Waals surface area contributed by atoms with Crippen LogP contribution in [0.15, 0.2) is 62.0 Å². The fourth-order valence-corrected chi connectivity index (χ4v) is 6.98. The minimum absolute atomic E-state index is 0.299. The molecule has 0 spiro atoms. The molecule has 0 saturated heterocycles. The van der Waals surface area contributed by atoms with E-state index >= 15 is 0 Å². The Kier molecular flexibility index (Phi) is 4.12. The van der Waals surface area contributed by atoms with Gasteiger partial charge in [0.2, 0.25) is 0 Å². The lowest BCUT2D eigenvalue weighted by Crippen LogP contribution is -1.96. The SMILES string of the molecule is CCSc1ccc(-c2ccc(C3=NS(=O)(=O)c4ccccc43)s2)s1. The average Bonchev–Trinajstić information content (AvgIpc) is 3.26. The molecule has 1 aliphatic rings. The summed E-state index contributed by atoms with van der Waals surface area (Å²) in [5.41, 5.74) is 1.25. The summed E-state index contributed by atoms with van der Waals surface area (Å²) in [4.78, 5) is 3.53. The number of hydrogen-bond acceptors (Lipinski definition) is 5. The molecule has 24 heavy (non-hydrogen) atoms. The summed E-state index contributed by atoms with van der Waals surface area (Å²) in [5.74, 6) is 1.06. The van der Waals surface area contributed by atoms with Crippen LogP contribution in [0.2, 0.25) is 0 Å². The van der Waals surface area contributed by atoms with E-state index in [-0.39, 0.29) is 0 Å². The average molecular weight is 392 g/mol. The van der Waals surface area contributed by atoms with Gasteiger partial charge in [-0.3, -0.25) is 0 Å². The van der Waals surface area contributed by atoms with Gasteiger partial charge in [0.05, 0.1) is 14.0 Å². The molecule has 0 aliphatic carbocycles. The van der Waals surface area contributed by atoms with Crippen LogP contribution in [0.4, 0.5) is 0 Å². The summed E-state index contributed by atoms with van der Waals surface area (Å²) >= 11 is 5.19. The summed E-state index contributed by atoms with van der Waals surface area (Å²) in [6, 6.07) is 15.3. The predicted octanol–water partition coefficient (Wildman–Crippen LogP) is 5.13. The van der Waals surface area contributed by atoms with E-state index in [1.807, 2.05) is 36.0 Å². The van der Waals surface area contributed by atoms with E-state index in [2.05, 4.69) is 23.5 Å². The zero-order chi connectivity index (χ0) is 16.7. The third-order valence-corrected chi connectivity index (χ3v) is 8.40. The largest absolute Gasteiger partial charge is 0.283 e. The first kappa shape index (κ1) is 16.1. The van der Waals surface area contributed by atoms with Gasteiger partial charge < -0.3 is 0 Å². The van der Waals surface area contributed by atoms with Crippen LogP contribution in [0.25, 0.3) is 9.75 Å². The van der Waals surface area contributed by atoms with Crippen LogP contribution in [-0.4, -0.2) is 19.9 Å². The van der Waals surface area contributed by atoms with Crippen molar-refractivity contribution in [3.63, 3.8) is 0 Å². The molecule has 1 aliphatic heterocycles. The van der Waals surface area contributed by atoms with Crippen molar-refractivity contribution < 1.29 is 8.42 Å². The van der Waals surface area contributed by atoms with Crippen LogP contribution in [0.1, 0.15) is 17.4 Å². The molecule has 7 heteroatoms. The maximum Gasteiger partial charge on any atom is 0.283 e. The van der Waals surface area contributed by atoms with Gasteiger partial charge in [0, 0.05) is 15.3 Å². The number of sulfonamides is 1. The molecule has 0 unspecified atom stereocenters. The highest BCUT2D eigenvalue weighted by atomic mass is 32.2. The Hall–Kier alpha value is -1.41. The molecule has 0 saturated carbocycles. The van der Waals surface area contributed by atoms with Crippen LogP contribution >= 0.6 is 34.4 Å². The Morgan fingerprint density at radius 3 is 2.50 bits per heavy atom. The molecule has 1 aromatic carbocycles. The number of hydrogen-bond donors (Lipinski definition) is 0. The summed E-state index contributed by atoms with van der Waals surface area (Å²) < 4.78 is 29.7. The van der Waals surface area contributed by atoms with E-state index in [1.165, 1.54) is 9.09 Å². The van der Waals surface area contributed by atoms with Gasteiger partial charge in [-0.1, -0.05) is 25.1 Å². The fourth-order valence-electron chi connectivity index (χ4n) is 2.55. The maximum absolute atomic E-state index is 12.2. The van der Waals surface area contributed by atoms with Gasteiger partial charge in [0.15, 0.2) is 0 Å². The summed E-state index contributed by atoms with van der Waals surface area (Å²) in [7, 11) is -3.57. The van der Waals surface area contributed by atoms with Gasteiger partial charge >= 0.3 is 0 Å². The smallest absolute Gasteiger partial charge is 0.199 e. The second-order valence-corrected chi connectivity index (χ2v) is 10.4. The molecule has 122 valence electrons. The van der Waals surface area contributed by atoms with Crippen molar-refractivity contribution in [1.29, 1.82) is 0 Å². The molecule has 4 rings (SSSR count). The van der Waals surface area contributed by atoms with Crippen molar-refractivity contribution in [2.24, 2.45) is 4.40 Å². The van der Waals surface area contributed by atoms with E-state index in [0.29, 0.717) is 16.2 Å². The molecule has 0 atom stereocenters. The number of nitrogens with zero attached hydrogens (tertiary/aromatic N) is 1. The Morgan fingerprint density at radius 1 is 0.958 bits per heavy atom. The van der Waals surface area contributed by atoms with Crippen molar-refractivity contribution in [1.82, 2.24) is 0 Å². The lowest BCUT2D eigenvalue weighted by Gasteiger charge is -1.98. The van der Waals surface area contributed by atoms with E-state index < -0.39 is 10.0 Å². The van der Waals surface area contributed by atoms with Crippen LogP contribution in [0.5, 0.6) is 0 Å². The normalized spacial score (nSPS) is 15.3.